The Kier molecular flexibility index (Phi) is 4.90. The number of anilines is 2. The van der Waals surface area contributed by atoms with Crippen molar-refractivity contribution in [2.75, 3.05) is 4.90 Å². The van der Waals surface area contributed by atoms with Gasteiger partial charge in [0.25, 0.3) is 0 Å². The number of nitrogens with zero attached hydrogens (tertiary/aromatic N) is 4. The topological polar surface area (TPSA) is 84.0 Å². The molecule has 1 N–H and O–H groups in total. The van der Waals surface area contributed by atoms with Gasteiger partial charge in [-0.3, -0.25) is 10.1 Å². The summed E-state index contributed by atoms with van der Waals surface area (Å²) in [7, 11) is 0. The molecule has 0 spiro atoms. The van der Waals surface area contributed by atoms with Crippen molar-refractivity contribution in [1.29, 1.82) is 0 Å². The van der Waals surface area contributed by atoms with Gasteiger partial charge in [-0.1, -0.05) is 11.6 Å². The molecule has 26 heavy (non-hydrogen) atoms. The molecule has 0 bridgehead atoms. The van der Waals surface area contributed by atoms with E-state index in [4.69, 9.17) is 16.3 Å². The molecule has 0 radical (unpaired) electrons. The molecule has 0 aliphatic rings. The highest BCUT2D eigenvalue weighted by Gasteiger charge is 2.26. The first-order valence-electron chi connectivity index (χ1n) is 7.94. The summed E-state index contributed by atoms with van der Waals surface area (Å²) in [5, 5.41) is 7.39. The number of halogens is 1. The van der Waals surface area contributed by atoms with Crippen molar-refractivity contribution in [3.8, 4) is 11.4 Å². The van der Waals surface area contributed by atoms with Crippen LogP contribution in [0.2, 0.25) is 5.02 Å². The maximum Gasteiger partial charge on any atom is 0.420 e. The minimum atomic E-state index is -0.658. The van der Waals surface area contributed by atoms with Crippen LogP contribution in [0.4, 0.5) is 16.3 Å². The average Bonchev–Trinajstić information content (AvgIpc) is 3.10. The van der Waals surface area contributed by atoms with Gasteiger partial charge in [0.15, 0.2) is 5.82 Å². The Hall–Kier alpha value is -2.93. The Morgan fingerprint density at radius 1 is 1.12 bits per heavy atom. The first-order valence-corrected chi connectivity index (χ1v) is 8.32. The fourth-order valence-corrected chi connectivity index (χ4v) is 2.34. The number of hydrogen-bond donors (Lipinski definition) is 1. The van der Waals surface area contributed by atoms with Crippen LogP contribution in [0.3, 0.4) is 0 Å². The van der Waals surface area contributed by atoms with Crippen LogP contribution in [0.1, 0.15) is 20.8 Å². The van der Waals surface area contributed by atoms with Crippen LogP contribution in [0, 0.1) is 0 Å². The maximum absolute atomic E-state index is 12.8. The molecule has 3 aromatic rings. The number of H-pyrrole nitrogens is 1. The van der Waals surface area contributed by atoms with Crippen molar-refractivity contribution in [2.45, 2.75) is 26.4 Å². The van der Waals surface area contributed by atoms with Crippen LogP contribution >= 0.6 is 11.6 Å². The highest BCUT2D eigenvalue weighted by molar-refractivity contribution is 6.30. The van der Waals surface area contributed by atoms with Gasteiger partial charge in [0.2, 0.25) is 0 Å². The summed E-state index contributed by atoms with van der Waals surface area (Å²) in [6, 6.07) is 8.59. The SMILES string of the molecule is CC(C)(C)OC(=O)N(c1ccc(Cl)cc1)c1cncc(-c2cc[nH]n2)n1. The van der Waals surface area contributed by atoms with Crippen molar-refractivity contribution in [1.82, 2.24) is 20.2 Å². The van der Waals surface area contributed by atoms with Gasteiger partial charge in [0.05, 0.1) is 18.1 Å². The van der Waals surface area contributed by atoms with Crippen molar-refractivity contribution in [2.24, 2.45) is 0 Å². The lowest BCUT2D eigenvalue weighted by Crippen LogP contribution is -2.34. The maximum atomic E-state index is 12.8. The van der Waals surface area contributed by atoms with Crippen LogP contribution in [0.25, 0.3) is 11.4 Å². The summed E-state index contributed by atoms with van der Waals surface area (Å²) < 4.78 is 5.53. The fraction of sp³-hybridized carbons (Fsp3) is 0.222. The Morgan fingerprint density at radius 2 is 1.85 bits per heavy atom. The van der Waals surface area contributed by atoms with Gasteiger partial charge in [-0.25, -0.2) is 14.7 Å². The minimum absolute atomic E-state index is 0.321. The molecule has 0 aliphatic carbocycles. The molecule has 1 aromatic carbocycles. The Balaban J connectivity index is 2.04. The first-order chi connectivity index (χ1) is 12.3. The van der Waals surface area contributed by atoms with Crippen molar-refractivity contribution in [3.63, 3.8) is 0 Å². The number of benzene rings is 1. The summed E-state index contributed by atoms with van der Waals surface area (Å²) in [6.45, 7) is 5.41. The van der Waals surface area contributed by atoms with Gasteiger partial charge in [-0.15, -0.1) is 0 Å². The molecule has 2 heterocycles. The van der Waals surface area contributed by atoms with Gasteiger partial charge in [-0.05, 0) is 51.1 Å². The normalized spacial score (nSPS) is 11.2. The Labute approximate surface area is 156 Å². The molecule has 0 saturated heterocycles. The van der Waals surface area contributed by atoms with E-state index in [-0.39, 0.29) is 0 Å². The van der Waals surface area contributed by atoms with E-state index >= 15 is 0 Å². The minimum Gasteiger partial charge on any atom is -0.443 e. The lowest BCUT2D eigenvalue weighted by Gasteiger charge is -2.26. The van der Waals surface area contributed by atoms with E-state index in [1.54, 1.807) is 63.5 Å². The Bertz CT molecular complexity index is 889. The number of carbonyl (C=O) groups is 1. The number of amides is 1. The zero-order chi connectivity index (χ0) is 18.7. The molecule has 0 saturated carbocycles. The standard InChI is InChI=1S/C18H18ClN5O2/c1-18(2,3)26-17(25)24(13-6-4-12(19)5-7-13)16-11-20-10-15(22-16)14-8-9-21-23-14/h4-11H,1-3H3,(H,21,23). The van der Waals surface area contributed by atoms with E-state index in [1.807, 2.05) is 0 Å². The van der Waals surface area contributed by atoms with E-state index in [0.717, 1.165) is 0 Å². The number of carbonyl (C=O) groups excluding carboxylic acids is 1. The van der Waals surface area contributed by atoms with E-state index in [0.29, 0.717) is 27.9 Å². The van der Waals surface area contributed by atoms with Crippen molar-refractivity contribution in [3.05, 3.63) is 53.9 Å². The smallest absolute Gasteiger partial charge is 0.420 e. The summed E-state index contributed by atoms with van der Waals surface area (Å²) >= 11 is 5.97. The third-order valence-corrected chi connectivity index (χ3v) is 3.53. The van der Waals surface area contributed by atoms with Gasteiger partial charge >= 0.3 is 6.09 Å². The highest BCUT2D eigenvalue weighted by Crippen LogP contribution is 2.28. The zero-order valence-corrected chi connectivity index (χ0v) is 15.4. The van der Waals surface area contributed by atoms with Crippen molar-refractivity contribution >= 4 is 29.2 Å². The predicted molar refractivity (Wildman–Crippen MR) is 99.4 cm³/mol. The number of hydrogen-bond acceptors (Lipinski definition) is 5. The number of aromatic amines is 1. The van der Waals surface area contributed by atoms with Crippen LogP contribution in [0.5, 0.6) is 0 Å². The monoisotopic (exact) mass is 371 g/mol. The predicted octanol–water partition coefficient (Wildman–Crippen LogP) is 4.59. The molecule has 134 valence electrons. The van der Waals surface area contributed by atoms with Crippen LogP contribution in [-0.2, 0) is 4.74 Å². The molecule has 0 aliphatic heterocycles. The van der Waals surface area contributed by atoms with E-state index in [1.165, 1.54) is 11.1 Å². The molecule has 2 aromatic heterocycles. The van der Waals surface area contributed by atoms with Crippen molar-refractivity contribution < 1.29 is 9.53 Å². The molecule has 0 atom stereocenters. The average molecular weight is 372 g/mol. The summed E-state index contributed by atoms with van der Waals surface area (Å²) in [4.78, 5) is 22.9. The third-order valence-electron chi connectivity index (χ3n) is 3.27. The number of rotatable bonds is 3. The number of ether oxygens (including phenoxy) is 1. The number of nitrogens with one attached hydrogen (secondary N) is 1. The van der Waals surface area contributed by atoms with Gasteiger partial charge < -0.3 is 4.74 Å². The van der Waals surface area contributed by atoms with E-state index in [9.17, 15) is 4.79 Å². The zero-order valence-electron chi connectivity index (χ0n) is 14.6. The first kappa shape index (κ1) is 17.9. The van der Waals surface area contributed by atoms with Crippen LogP contribution < -0.4 is 4.90 Å². The van der Waals surface area contributed by atoms with Gasteiger partial charge in [0.1, 0.15) is 17.0 Å². The van der Waals surface area contributed by atoms with E-state index in [2.05, 4.69) is 20.2 Å². The molecular weight excluding hydrogens is 354 g/mol. The molecule has 0 fully saturated rings. The lowest BCUT2D eigenvalue weighted by molar-refractivity contribution is 0.0598. The molecule has 8 heteroatoms. The largest absolute Gasteiger partial charge is 0.443 e. The molecular formula is C18H18ClN5O2. The van der Waals surface area contributed by atoms with Crippen LogP contribution in [-0.4, -0.2) is 31.9 Å². The third kappa shape index (κ3) is 4.18. The second-order valence-corrected chi connectivity index (χ2v) is 6.95. The van der Waals surface area contributed by atoms with E-state index < -0.39 is 11.7 Å². The lowest BCUT2D eigenvalue weighted by atomic mass is 10.2. The fourth-order valence-electron chi connectivity index (χ4n) is 2.22. The molecule has 3 rings (SSSR count). The molecule has 1 amide bonds. The van der Waals surface area contributed by atoms with Crippen LogP contribution in [0.15, 0.2) is 48.9 Å². The number of aromatic nitrogens is 4. The molecule has 0 unspecified atom stereocenters. The second-order valence-electron chi connectivity index (χ2n) is 6.51. The summed E-state index contributed by atoms with van der Waals surface area (Å²) in [5.74, 6) is 0.321. The Morgan fingerprint density at radius 3 is 2.46 bits per heavy atom. The quantitative estimate of drug-likeness (QED) is 0.727. The summed E-state index contributed by atoms with van der Waals surface area (Å²) in [6.07, 6.45) is 4.20. The van der Waals surface area contributed by atoms with Gasteiger partial charge in [-0.2, -0.15) is 5.10 Å². The summed E-state index contributed by atoms with van der Waals surface area (Å²) in [5.41, 5.74) is 1.07. The molecule has 7 nitrogen and oxygen atoms in total. The second kappa shape index (κ2) is 7.13. The highest BCUT2D eigenvalue weighted by atomic mass is 35.5. The van der Waals surface area contributed by atoms with Gasteiger partial charge in [0, 0.05) is 11.2 Å².